The Morgan fingerprint density at radius 1 is 1.00 bits per heavy atom. The van der Waals surface area contributed by atoms with Crippen molar-refractivity contribution in [3.8, 4) is 0 Å². The minimum atomic E-state index is -0.268. The number of hydrogen-bond acceptors (Lipinski definition) is 3. The number of piperazine rings is 1. The number of aliphatic imine (C=N–C) groups is 1. The van der Waals surface area contributed by atoms with Crippen LogP contribution in [0.1, 0.15) is 12.0 Å². The maximum atomic E-state index is 13.7. The fourth-order valence-corrected chi connectivity index (χ4v) is 3.35. The summed E-state index contributed by atoms with van der Waals surface area (Å²) in [5.74, 6) is 0.0758. The van der Waals surface area contributed by atoms with Crippen molar-refractivity contribution in [2.24, 2.45) is 4.99 Å². The van der Waals surface area contributed by atoms with Gasteiger partial charge in [-0.1, -0.05) is 18.2 Å². The first-order valence-electron chi connectivity index (χ1n) is 10.0. The highest BCUT2D eigenvalue weighted by Gasteiger charge is 2.21. The number of benzene rings is 2. The summed E-state index contributed by atoms with van der Waals surface area (Å²) >= 11 is 0. The third kappa shape index (κ3) is 5.92. The van der Waals surface area contributed by atoms with Crippen LogP contribution in [-0.2, 0) is 11.3 Å². The second kappa shape index (κ2) is 10.6. The van der Waals surface area contributed by atoms with Gasteiger partial charge in [-0.05, 0) is 30.3 Å². The van der Waals surface area contributed by atoms with E-state index >= 15 is 0 Å². The number of anilines is 1. The minimum Gasteiger partial charge on any atom is -0.368 e. The summed E-state index contributed by atoms with van der Waals surface area (Å²) < 4.78 is 26.8. The zero-order valence-electron chi connectivity index (χ0n) is 17.1. The fraction of sp³-hybridized carbons (Fsp3) is 0.364. The van der Waals surface area contributed by atoms with Crippen molar-refractivity contribution in [3.05, 3.63) is 65.7 Å². The van der Waals surface area contributed by atoms with Crippen LogP contribution in [0.3, 0.4) is 0 Å². The smallest absolute Gasteiger partial charge is 0.224 e. The normalized spacial score (nSPS) is 14.6. The average Bonchev–Trinajstić information content (AvgIpc) is 2.77. The monoisotopic (exact) mass is 415 g/mol. The summed E-state index contributed by atoms with van der Waals surface area (Å²) in [6, 6.07) is 13.0. The van der Waals surface area contributed by atoms with Crippen LogP contribution in [0.15, 0.2) is 53.5 Å². The van der Waals surface area contributed by atoms with Crippen molar-refractivity contribution in [2.75, 3.05) is 44.7 Å². The lowest BCUT2D eigenvalue weighted by molar-refractivity contribution is -0.131. The van der Waals surface area contributed by atoms with Gasteiger partial charge in [0.05, 0.1) is 0 Å². The lowest BCUT2D eigenvalue weighted by Crippen LogP contribution is -2.49. The van der Waals surface area contributed by atoms with E-state index < -0.39 is 0 Å². The van der Waals surface area contributed by atoms with Crippen LogP contribution in [-0.4, -0.2) is 56.5 Å². The summed E-state index contributed by atoms with van der Waals surface area (Å²) in [4.78, 5) is 20.6. The van der Waals surface area contributed by atoms with Gasteiger partial charge < -0.3 is 20.4 Å². The number of carbonyl (C=O) groups excluding carboxylic acids is 1. The van der Waals surface area contributed by atoms with Crippen LogP contribution >= 0.6 is 0 Å². The standard InChI is InChI=1S/C22H27F2N5O/c1-25-22(27-16-17-4-2-3-5-20(17)24)26-11-10-21(30)29-14-12-28(13-15-29)19-8-6-18(23)7-9-19/h2-9H,10-16H2,1H3,(H2,25,26,27). The topological polar surface area (TPSA) is 60.0 Å². The molecule has 1 heterocycles. The van der Waals surface area contributed by atoms with Gasteiger partial charge in [-0.2, -0.15) is 0 Å². The van der Waals surface area contributed by atoms with Gasteiger partial charge in [0.1, 0.15) is 11.6 Å². The lowest BCUT2D eigenvalue weighted by Gasteiger charge is -2.36. The van der Waals surface area contributed by atoms with Crippen LogP contribution < -0.4 is 15.5 Å². The Balaban J connectivity index is 1.38. The number of halogens is 2. The van der Waals surface area contributed by atoms with E-state index in [0.717, 1.165) is 18.8 Å². The summed E-state index contributed by atoms with van der Waals surface area (Å²) in [6.07, 6.45) is 0.344. The molecule has 1 aliphatic rings. The molecule has 0 bridgehead atoms. The Kier molecular flexibility index (Phi) is 7.59. The van der Waals surface area contributed by atoms with Crippen molar-refractivity contribution < 1.29 is 13.6 Å². The maximum absolute atomic E-state index is 13.7. The molecule has 2 aromatic rings. The molecule has 160 valence electrons. The molecule has 0 atom stereocenters. The van der Waals surface area contributed by atoms with E-state index in [1.807, 2.05) is 4.90 Å². The molecule has 0 aromatic heterocycles. The van der Waals surface area contributed by atoms with Crippen LogP contribution in [0.2, 0.25) is 0 Å². The van der Waals surface area contributed by atoms with Gasteiger partial charge >= 0.3 is 0 Å². The van der Waals surface area contributed by atoms with E-state index in [1.165, 1.54) is 18.2 Å². The number of hydrogen-bond donors (Lipinski definition) is 2. The molecule has 0 spiro atoms. The van der Waals surface area contributed by atoms with E-state index in [-0.39, 0.29) is 17.5 Å². The Labute approximate surface area is 175 Å². The second-order valence-electron chi connectivity index (χ2n) is 7.04. The van der Waals surface area contributed by atoms with Gasteiger partial charge in [0, 0.05) is 64.0 Å². The number of guanidine groups is 1. The van der Waals surface area contributed by atoms with Gasteiger partial charge in [0.15, 0.2) is 5.96 Å². The summed E-state index contributed by atoms with van der Waals surface area (Å²) in [5.41, 5.74) is 1.52. The molecule has 0 radical (unpaired) electrons. The molecule has 8 heteroatoms. The molecule has 1 amide bonds. The third-order valence-corrected chi connectivity index (χ3v) is 5.08. The number of nitrogens with one attached hydrogen (secondary N) is 2. The zero-order chi connectivity index (χ0) is 21.3. The van der Waals surface area contributed by atoms with Crippen molar-refractivity contribution in [1.29, 1.82) is 0 Å². The molecule has 3 rings (SSSR count). The minimum absolute atomic E-state index is 0.0748. The SMILES string of the molecule is CN=C(NCCC(=O)N1CCN(c2ccc(F)cc2)CC1)NCc1ccccc1F. The summed E-state index contributed by atoms with van der Waals surface area (Å²) in [6.45, 7) is 3.46. The zero-order valence-corrected chi connectivity index (χ0v) is 17.1. The number of amides is 1. The average molecular weight is 415 g/mol. The Hall–Kier alpha value is -3.16. The molecule has 6 nitrogen and oxygen atoms in total. The molecule has 1 fully saturated rings. The lowest BCUT2D eigenvalue weighted by atomic mass is 10.2. The predicted molar refractivity (Wildman–Crippen MR) is 114 cm³/mol. The van der Waals surface area contributed by atoms with Crippen molar-refractivity contribution >= 4 is 17.6 Å². The van der Waals surface area contributed by atoms with Gasteiger partial charge in [-0.25, -0.2) is 8.78 Å². The third-order valence-electron chi connectivity index (χ3n) is 5.08. The molecule has 0 aliphatic carbocycles. The molecular weight excluding hydrogens is 388 g/mol. The highest BCUT2D eigenvalue weighted by atomic mass is 19.1. The number of carbonyl (C=O) groups is 1. The molecule has 2 aromatic carbocycles. The van der Waals surface area contributed by atoms with Crippen molar-refractivity contribution in [1.82, 2.24) is 15.5 Å². The highest BCUT2D eigenvalue weighted by molar-refractivity contribution is 5.81. The Bertz CT molecular complexity index is 864. The molecule has 1 saturated heterocycles. The molecule has 0 unspecified atom stereocenters. The van der Waals surface area contributed by atoms with Gasteiger partial charge in [-0.15, -0.1) is 0 Å². The fourth-order valence-electron chi connectivity index (χ4n) is 3.35. The first-order valence-corrected chi connectivity index (χ1v) is 10.0. The van der Waals surface area contributed by atoms with Crippen LogP contribution in [0.5, 0.6) is 0 Å². The van der Waals surface area contributed by atoms with Gasteiger partial charge in [0.25, 0.3) is 0 Å². The molecule has 1 aliphatic heterocycles. The van der Waals surface area contributed by atoms with Gasteiger partial charge in [0.2, 0.25) is 5.91 Å². The molecule has 30 heavy (non-hydrogen) atoms. The molecule has 0 saturated carbocycles. The largest absolute Gasteiger partial charge is 0.368 e. The first kappa shape index (κ1) is 21.5. The van der Waals surface area contributed by atoms with Crippen LogP contribution in [0, 0.1) is 11.6 Å². The predicted octanol–water partition coefficient (Wildman–Crippen LogP) is 2.37. The molecule has 2 N–H and O–H groups in total. The van der Waals surface area contributed by atoms with E-state index in [4.69, 9.17) is 0 Å². The van der Waals surface area contributed by atoms with E-state index in [0.29, 0.717) is 44.1 Å². The van der Waals surface area contributed by atoms with E-state index in [2.05, 4.69) is 20.5 Å². The van der Waals surface area contributed by atoms with Crippen molar-refractivity contribution in [2.45, 2.75) is 13.0 Å². The molecular formula is C22H27F2N5O. The highest BCUT2D eigenvalue weighted by Crippen LogP contribution is 2.17. The van der Waals surface area contributed by atoms with Crippen LogP contribution in [0.4, 0.5) is 14.5 Å². The van der Waals surface area contributed by atoms with Gasteiger partial charge in [-0.3, -0.25) is 9.79 Å². The quantitative estimate of drug-likeness (QED) is 0.562. The van der Waals surface area contributed by atoms with E-state index in [9.17, 15) is 13.6 Å². The van der Waals surface area contributed by atoms with Crippen LogP contribution in [0.25, 0.3) is 0 Å². The summed E-state index contributed by atoms with van der Waals surface area (Å²) in [7, 11) is 1.63. The first-order chi connectivity index (χ1) is 14.6. The summed E-state index contributed by atoms with van der Waals surface area (Å²) in [5, 5.41) is 6.14. The van der Waals surface area contributed by atoms with E-state index in [1.54, 1.807) is 37.4 Å². The number of rotatable bonds is 6. The maximum Gasteiger partial charge on any atom is 0.224 e. The number of nitrogens with zero attached hydrogens (tertiary/aromatic N) is 3. The Morgan fingerprint density at radius 3 is 2.37 bits per heavy atom. The van der Waals surface area contributed by atoms with Crippen molar-refractivity contribution in [3.63, 3.8) is 0 Å². The second-order valence-corrected chi connectivity index (χ2v) is 7.04. The Morgan fingerprint density at radius 2 is 1.70 bits per heavy atom.